The highest BCUT2D eigenvalue weighted by molar-refractivity contribution is 14.1. The molecule has 0 N–H and O–H groups in total. The van der Waals surface area contributed by atoms with E-state index in [0.29, 0.717) is 0 Å². The summed E-state index contributed by atoms with van der Waals surface area (Å²) in [5, 5.41) is 4.24. The van der Waals surface area contributed by atoms with Crippen LogP contribution in [-0.4, -0.2) is 15.5 Å². The molecule has 78 valence electrons. The quantitative estimate of drug-likeness (QED) is 0.632. The van der Waals surface area contributed by atoms with Crippen LogP contribution in [-0.2, 0) is 6.54 Å². The monoisotopic (exact) mass is 330 g/mol. The number of thioether (sulfide) groups is 1. The van der Waals surface area contributed by atoms with Crippen LogP contribution in [0.3, 0.4) is 0 Å². The highest BCUT2D eigenvalue weighted by Gasteiger charge is 1.96. The number of halogens is 1. The Balaban J connectivity index is 1.80. The first kappa shape index (κ1) is 11.0. The van der Waals surface area contributed by atoms with Crippen molar-refractivity contribution in [3.63, 3.8) is 0 Å². The zero-order valence-corrected chi connectivity index (χ0v) is 11.1. The van der Waals surface area contributed by atoms with Gasteiger partial charge in [-0.05, 0) is 34.7 Å². The summed E-state index contributed by atoms with van der Waals surface area (Å²) < 4.78 is 3.18. The van der Waals surface area contributed by atoms with Crippen molar-refractivity contribution >= 4 is 34.4 Å². The predicted octanol–water partition coefficient (Wildman–Crippen LogP) is 3.28. The van der Waals surface area contributed by atoms with Crippen LogP contribution >= 0.6 is 34.4 Å². The zero-order valence-electron chi connectivity index (χ0n) is 8.14. The lowest BCUT2D eigenvalue weighted by Crippen LogP contribution is -2.00. The minimum atomic E-state index is 0.961. The molecule has 0 aliphatic rings. The fraction of sp³-hybridized carbons (Fsp3) is 0.182. The summed E-state index contributed by atoms with van der Waals surface area (Å²) in [4.78, 5) is 1.32. The summed E-state index contributed by atoms with van der Waals surface area (Å²) in [6.45, 7) is 0.961. The Bertz CT molecular complexity index is 414. The van der Waals surface area contributed by atoms with Gasteiger partial charge >= 0.3 is 0 Å². The topological polar surface area (TPSA) is 17.8 Å². The van der Waals surface area contributed by atoms with Crippen molar-refractivity contribution in [2.45, 2.75) is 11.4 Å². The van der Waals surface area contributed by atoms with Crippen LogP contribution in [0.5, 0.6) is 0 Å². The number of hydrogen-bond acceptors (Lipinski definition) is 2. The Hall–Kier alpha value is -0.490. The van der Waals surface area contributed by atoms with E-state index in [1.165, 1.54) is 8.47 Å². The number of benzene rings is 1. The molecule has 0 fully saturated rings. The lowest BCUT2D eigenvalue weighted by Gasteiger charge is -2.01. The Labute approximate surface area is 107 Å². The van der Waals surface area contributed by atoms with Gasteiger partial charge in [0.15, 0.2) is 0 Å². The van der Waals surface area contributed by atoms with E-state index >= 15 is 0 Å². The largest absolute Gasteiger partial charge is 0.271 e. The summed E-state index contributed by atoms with van der Waals surface area (Å²) >= 11 is 4.14. The van der Waals surface area contributed by atoms with Crippen molar-refractivity contribution < 1.29 is 0 Å². The summed E-state index contributed by atoms with van der Waals surface area (Å²) in [5.41, 5.74) is 0. The molecule has 0 spiro atoms. The van der Waals surface area contributed by atoms with E-state index in [1.54, 1.807) is 0 Å². The average molecular weight is 330 g/mol. The van der Waals surface area contributed by atoms with Gasteiger partial charge in [0.1, 0.15) is 0 Å². The number of hydrogen-bond donors (Lipinski definition) is 0. The highest BCUT2D eigenvalue weighted by Crippen LogP contribution is 2.16. The molecule has 0 radical (unpaired) electrons. The summed E-state index contributed by atoms with van der Waals surface area (Å²) in [6, 6.07) is 10.5. The molecule has 1 aromatic heterocycles. The molecule has 15 heavy (non-hydrogen) atoms. The van der Waals surface area contributed by atoms with E-state index in [9.17, 15) is 0 Å². The first-order valence-corrected chi connectivity index (χ1v) is 6.77. The third kappa shape index (κ3) is 3.53. The lowest BCUT2D eigenvalue weighted by molar-refractivity contribution is 0.666. The fourth-order valence-corrected chi connectivity index (χ4v) is 2.54. The molecule has 0 atom stereocenters. The zero-order chi connectivity index (χ0) is 10.5. The Kier molecular flexibility index (Phi) is 4.08. The van der Waals surface area contributed by atoms with Gasteiger partial charge in [0.05, 0.1) is 16.3 Å². The standard InChI is InChI=1S/C11H11IN2S/c12-10-8-13-14(9-10)6-7-15-11-4-2-1-3-5-11/h1-5,8-9H,6-7H2. The number of aromatic nitrogens is 2. The van der Waals surface area contributed by atoms with Gasteiger partial charge in [0.25, 0.3) is 0 Å². The number of aryl methyl sites for hydroxylation is 1. The Morgan fingerprint density at radius 1 is 1.27 bits per heavy atom. The molecule has 0 unspecified atom stereocenters. The van der Waals surface area contributed by atoms with Gasteiger partial charge in [-0.1, -0.05) is 18.2 Å². The van der Waals surface area contributed by atoms with Crippen LogP contribution in [0.1, 0.15) is 0 Å². The molecule has 2 aromatic rings. The van der Waals surface area contributed by atoms with Crippen molar-refractivity contribution in [2.75, 3.05) is 5.75 Å². The SMILES string of the molecule is Ic1cnn(CCSc2ccccc2)c1. The van der Waals surface area contributed by atoms with Crippen molar-refractivity contribution in [3.05, 3.63) is 46.3 Å². The van der Waals surface area contributed by atoms with Gasteiger partial charge in [-0.25, -0.2) is 0 Å². The van der Waals surface area contributed by atoms with E-state index < -0.39 is 0 Å². The molecule has 2 nitrogen and oxygen atoms in total. The maximum atomic E-state index is 4.24. The van der Waals surface area contributed by atoms with Crippen LogP contribution in [0.4, 0.5) is 0 Å². The number of rotatable bonds is 4. The molecule has 0 aliphatic heterocycles. The van der Waals surface area contributed by atoms with Crippen molar-refractivity contribution in [1.82, 2.24) is 9.78 Å². The van der Waals surface area contributed by atoms with Gasteiger partial charge < -0.3 is 0 Å². The normalized spacial score (nSPS) is 10.5. The van der Waals surface area contributed by atoms with Crippen LogP contribution in [0.15, 0.2) is 47.6 Å². The maximum Gasteiger partial charge on any atom is 0.0623 e. The van der Waals surface area contributed by atoms with Crippen LogP contribution in [0.2, 0.25) is 0 Å². The highest BCUT2D eigenvalue weighted by atomic mass is 127. The Morgan fingerprint density at radius 3 is 2.73 bits per heavy atom. The van der Waals surface area contributed by atoms with Gasteiger partial charge in [0, 0.05) is 16.8 Å². The predicted molar refractivity (Wildman–Crippen MR) is 72.1 cm³/mol. The molecule has 1 heterocycles. The summed E-state index contributed by atoms with van der Waals surface area (Å²) in [7, 11) is 0. The molecule has 0 bridgehead atoms. The molecule has 0 saturated carbocycles. The molecule has 0 aliphatic carbocycles. The molecule has 4 heteroatoms. The minimum Gasteiger partial charge on any atom is -0.271 e. The average Bonchev–Trinajstić information content (AvgIpc) is 2.66. The van der Waals surface area contributed by atoms with E-state index in [2.05, 4.69) is 58.2 Å². The van der Waals surface area contributed by atoms with Crippen LogP contribution in [0.25, 0.3) is 0 Å². The summed E-state index contributed by atoms with van der Waals surface area (Å²) in [5.74, 6) is 1.06. The van der Waals surface area contributed by atoms with Crippen molar-refractivity contribution in [1.29, 1.82) is 0 Å². The molecule has 0 saturated heterocycles. The van der Waals surface area contributed by atoms with Gasteiger partial charge in [-0.2, -0.15) is 5.10 Å². The van der Waals surface area contributed by atoms with Gasteiger partial charge in [-0.3, -0.25) is 4.68 Å². The lowest BCUT2D eigenvalue weighted by atomic mass is 10.4. The Morgan fingerprint density at radius 2 is 2.07 bits per heavy atom. The second kappa shape index (κ2) is 5.55. The van der Waals surface area contributed by atoms with Crippen LogP contribution in [0, 0.1) is 3.57 Å². The van der Waals surface area contributed by atoms with E-state index in [0.717, 1.165) is 12.3 Å². The molecular formula is C11H11IN2S. The smallest absolute Gasteiger partial charge is 0.0623 e. The third-order valence-electron chi connectivity index (χ3n) is 1.93. The second-order valence-corrected chi connectivity index (χ2v) is 5.50. The van der Waals surface area contributed by atoms with E-state index in [1.807, 2.05) is 28.7 Å². The van der Waals surface area contributed by atoms with Crippen LogP contribution < -0.4 is 0 Å². The fourth-order valence-electron chi connectivity index (χ4n) is 1.23. The second-order valence-electron chi connectivity index (χ2n) is 3.08. The minimum absolute atomic E-state index is 0.961. The summed E-state index contributed by atoms with van der Waals surface area (Å²) in [6.07, 6.45) is 3.94. The van der Waals surface area contributed by atoms with Gasteiger partial charge in [0.2, 0.25) is 0 Å². The molecular weight excluding hydrogens is 319 g/mol. The van der Waals surface area contributed by atoms with E-state index in [-0.39, 0.29) is 0 Å². The van der Waals surface area contributed by atoms with Gasteiger partial charge in [-0.15, -0.1) is 11.8 Å². The third-order valence-corrected chi connectivity index (χ3v) is 3.48. The van der Waals surface area contributed by atoms with Crippen molar-refractivity contribution in [3.8, 4) is 0 Å². The molecule has 2 rings (SSSR count). The maximum absolute atomic E-state index is 4.24. The van der Waals surface area contributed by atoms with Crippen molar-refractivity contribution in [2.24, 2.45) is 0 Å². The molecule has 0 amide bonds. The first-order valence-electron chi connectivity index (χ1n) is 4.70. The van der Waals surface area contributed by atoms with E-state index in [4.69, 9.17) is 0 Å². The molecule has 1 aromatic carbocycles. The first-order chi connectivity index (χ1) is 7.34. The number of nitrogens with zero attached hydrogens (tertiary/aromatic N) is 2.